The predicted molar refractivity (Wildman–Crippen MR) is 51.3 cm³/mol. The van der Waals surface area contributed by atoms with E-state index in [-0.39, 0.29) is 5.97 Å². The highest BCUT2D eigenvalue weighted by Crippen LogP contribution is 2.23. The van der Waals surface area contributed by atoms with Gasteiger partial charge in [-0.25, -0.2) is 4.79 Å². The van der Waals surface area contributed by atoms with Crippen LogP contribution in [0, 0.1) is 0 Å². The van der Waals surface area contributed by atoms with Gasteiger partial charge in [-0.1, -0.05) is 0 Å². The van der Waals surface area contributed by atoms with E-state index in [1.165, 1.54) is 6.26 Å². The zero-order valence-corrected chi connectivity index (χ0v) is 7.91. The van der Waals surface area contributed by atoms with Gasteiger partial charge in [0.25, 0.3) is 0 Å². The lowest BCUT2D eigenvalue weighted by atomic mass is 10.2. The van der Waals surface area contributed by atoms with Crippen molar-refractivity contribution in [1.29, 1.82) is 0 Å². The summed E-state index contributed by atoms with van der Waals surface area (Å²) in [6.07, 6.45) is 4.76. The number of hydrogen-bond donors (Lipinski definition) is 3. The number of hydrogen-bond acceptors (Lipinski definition) is 6. The molecule has 3 heterocycles. The van der Waals surface area contributed by atoms with Crippen molar-refractivity contribution in [3.05, 3.63) is 35.9 Å². The zero-order valence-electron chi connectivity index (χ0n) is 7.91. The van der Waals surface area contributed by atoms with Crippen LogP contribution in [0.1, 0.15) is 0 Å². The molecule has 15 heavy (non-hydrogen) atoms. The summed E-state index contributed by atoms with van der Waals surface area (Å²) in [5, 5.41) is 9.40. The first-order valence-corrected chi connectivity index (χ1v) is 4.67. The maximum Gasteiger partial charge on any atom is 0.361 e. The van der Waals surface area contributed by atoms with Crippen LogP contribution >= 0.6 is 0 Å². The van der Waals surface area contributed by atoms with Gasteiger partial charge >= 0.3 is 5.97 Å². The minimum atomic E-state index is -0.350. The maximum atomic E-state index is 11.4. The minimum Gasteiger partial charge on any atom is -0.428 e. The molecular weight excluding hydrogens is 196 g/mol. The summed E-state index contributed by atoms with van der Waals surface area (Å²) < 4.78 is 4.79. The van der Waals surface area contributed by atoms with Gasteiger partial charge in [0.05, 0.1) is 12.4 Å². The van der Waals surface area contributed by atoms with Crippen LogP contribution in [-0.4, -0.2) is 24.1 Å². The fourth-order valence-corrected chi connectivity index (χ4v) is 1.75. The highest BCUT2D eigenvalue weighted by Gasteiger charge is 2.30. The average molecular weight is 206 g/mol. The molecule has 0 aromatic carbocycles. The van der Waals surface area contributed by atoms with Gasteiger partial charge in [-0.15, -0.1) is 0 Å². The molecular formula is C9H10N4O2. The fourth-order valence-electron chi connectivity index (χ4n) is 1.75. The second-order valence-electron chi connectivity index (χ2n) is 3.34. The van der Waals surface area contributed by atoms with Crippen molar-refractivity contribution >= 4 is 5.97 Å². The number of fused-ring (bicyclic) bond motifs is 2. The standard InChI is InChI=1S/C9H10N4O2/c14-9-7-4-11-6-3-10-5-12-8(6)13(7)1-2-15-9/h1-2,4,10-12H,3,5H2. The Balaban J connectivity index is 2.01. The van der Waals surface area contributed by atoms with Gasteiger partial charge in [0.1, 0.15) is 17.8 Å². The number of carbonyl (C=O) groups is 1. The number of esters is 1. The second kappa shape index (κ2) is 3.03. The van der Waals surface area contributed by atoms with Gasteiger partial charge in [0, 0.05) is 18.9 Å². The van der Waals surface area contributed by atoms with Crippen molar-refractivity contribution in [1.82, 2.24) is 20.9 Å². The lowest BCUT2D eigenvalue weighted by Gasteiger charge is -2.35. The van der Waals surface area contributed by atoms with Crippen molar-refractivity contribution < 1.29 is 9.53 Å². The van der Waals surface area contributed by atoms with Crippen molar-refractivity contribution in [2.75, 3.05) is 13.2 Å². The monoisotopic (exact) mass is 206 g/mol. The quantitative estimate of drug-likeness (QED) is 0.445. The van der Waals surface area contributed by atoms with Gasteiger partial charge < -0.3 is 15.4 Å². The summed E-state index contributed by atoms with van der Waals surface area (Å²) in [7, 11) is 0. The second-order valence-corrected chi connectivity index (χ2v) is 3.34. The molecule has 0 saturated carbocycles. The van der Waals surface area contributed by atoms with Crippen molar-refractivity contribution in [2.24, 2.45) is 0 Å². The molecule has 3 N–H and O–H groups in total. The molecule has 78 valence electrons. The number of cyclic esters (lactones) is 1. The van der Waals surface area contributed by atoms with E-state index in [1.807, 2.05) is 0 Å². The van der Waals surface area contributed by atoms with E-state index in [2.05, 4.69) is 16.0 Å². The Bertz CT molecular complexity index is 410. The number of ether oxygens (including phenoxy) is 1. The van der Waals surface area contributed by atoms with E-state index in [1.54, 1.807) is 17.3 Å². The van der Waals surface area contributed by atoms with Gasteiger partial charge in [-0.2, -0.15) is 0 Å². The summed E-state index contributed by atoms with van der Waals surface area (Å²) in [4.78, 5) is 13.2. The fraction of sp³-hybridized carbons (Fsp3) is 0.222. The minimum absolute atomic E-state index is 0.350. The van der Waals surface area contributed by atoms with E-state index in [4.69, 9.17) is 4.74 Å². The van der Waals surface area contributed by atoms with E-state index in [0.29, 0.717) is 12.4 Å². The van der Waals surface area contributed by atoms with E-state index < -0.39 is 0 Å². The number of nitrogens with one attached hydrogen (secondary N) is 3. The molecule has 6 nitrogen and oxygen atoms in total. The van der Waals surface area contributed by atoms with E-state index >= 15 is 0 Å². The number of nitrogens with zero attached hydrogens (tertiary/aromatic N) is 1. The van der Waals surface area contributed by atoms with Crippen molar-refractivity contribution in [3.8, 4) is 0 Å². The Kier molecular flexibility index (Phi) is 1.69. The van der Waals surface area contributed by atoms with Crippen LogP contribution in [-0.2, 0) is 9.53 Å². The van der Waals surface area contributed by atoms with Crippen LogP contribution in [0.5, 0.6) is 0 Å². The Morgan fingerprint density at radius 1 is 1.47 bits per heavy atom. The number of carbonyl (C=O) groups excluding carboxylic acids is 1. The molecule has 0 unspecified atom stereocenters. The third kappa shape index (κ3) is 1.18. The summed E-state index contributed by atoms with van der Waals surface area (Å²) in [5.74, 6) is 0.552. The molecule has 3 rings (SSSR count). The predicted octanol–water partition coefficient (Wildman–Crippen LogP) is -0.920. The number of rotatable bonds is 0. The smallest absolute Gasteiger partial charge is 0.361 e. The Labute approximate surface area is 86.3 Å². The van der Waals surface area contributed by atoms with Gasteiger partial charge in [0.15, 0.2) is 0 Å². The largest absolute Gasteiger partial charge is 0.428 e. The SMILES string of the molecule is O=C1OC=CN2C1=CNC1=C2NCNC1. The topological polar surface area (TPSA) is 65.6 Å². The van der Waals surface area contributed by atoms with Gasteiger partial charge in [-0.05, 0) is 0 Å². The Morgan fingerprint density at radius 3 is 3.33 bits per heavy atom. The highest BCUT2D eigenvalue weighted by atomic mass is 16.5. The summed E-state index contributed by atoms with van der Waals surface area (Å²) in [5.41, 5.74) is 1.51. The highest BCUT2D eigenvalue weighted by molar-refractivity contribution is 5.90. The lowest BCUT2D eigenvalue weighted by Crippen LogP contribution is -2.48. The molecule has 0 fully saturated rings. The van der Waals surface area contributed by atoms with Crippen LogP contribution < -0.4 is 16.0 Å². The molecule has 0 bridgehead atoms. The first kappa shape index (κ1) is 8.37. The van der Waals surface area contributed by atoms with Crippen molar-refractivity contribution in [3.63, 3.8) is 0 Å². The van der Waals surface area contributed by atoms with Crippen LogP contribution in [0.2, 0.25) is 0 Å². The molecule has 0 aromatic rings. The van der Waals surface area contributed by atoms with Gasteiger partial charge in [-0.3, -0.25) is 10.2 Å². The molecule has 3 aliphatic rings. The first-order valence-electron chi connectivity index (χ1n) is 4.67. The zero-order chi connectivity index (χ0) is 10.3. The molecule has 0 aliphatic carbocycles. The summed E-state index contributed by atoms with van der Waals surface area (Å²) in [6, 6.07) is 0. The third-order valence-corrected chi connectivity index (χ3v) is 2.45. The van der Waals surface area contributed by atoms with Gasteiger partial charge in [0.2, 0.25) is 0 Å². The molecule has 3 aliphatic heterocycles. The Morgan fingerprint density at radius 2 is 2.40 bits per heavy atom. The van der Waals surface area contributed by atoms with Crippen LogP contribution in [0.15, 0.2) is 35.9 Å². The normalized spacial score (nSPS) is 23.3. The van der Waals surface area contributed by atoms with Crippen LogP contribution in [0.3, 0.4) is 0 Å². The molecule has 6 heteroatoms. The van der Waals surface area contributed by atoms with Crippen LogP contribution in [0.25, 0.3) is 0 Å². The Hall–Kier alpha value is -1.95. The lowest BCUT2D eigenvalue weighted by molar-refractivity contribution is -0.136. The summed E-state index contributed by atoms with van der Waals surface area (Å²) >= 11 is 0. The third-order valence-electron chi connectivity index (χ3n) is 2.45. The molecule has 0 spiro atoms. The molecule has 0 saturated heterocycles. The maximum absolute atomic E-state index is 11.4. The molecule has 0 aromatic heterocycles. The van der Waals surface area contributed by atoms with E-state index in [0.717, 1.165) is 18.1 Å². The first-order chi connectivity index (χ1) is 7.36. The molecule has 0 radical (unpaired) electrons. The molecule has 0 amide bonds. The van der Waals surface area contributed by atoms with Crippen LogP contribution in [0.4, 0.5) is 0 Å². The molecule has 0 atom stereocenters. The van der Waals surface area contributed by atoms with E-state index in [9.17, 15) is 4.79 Å². The van der Waals surface area contributed by atoms with Crippen molar-refractivity contribution in [2.45, 2.75) is 0 Å². The summed E-state index contributed by atoms with van der Waals surface area (Å²) in [6.45, 7) is 1.44. The average Bonchev–Trinajstić information content (AvgIpc) is 2.29.